The summed E-state index contributed by atoms with van der Waals surface area (Å²) in [5.74, 6) is 0. The Hall–Kier alpha value is -6.76. The molecule has 0 bridgehead atoms. The highest BCUT2D eigenvalue weighted by molar-refractivity contribution is 6.22. The Labute approximate surface area is 322 Å². The van der Waals surface area contributed by atoms with Gasteiger partial charge in [-0.1, -0.05) is 178 Å². The minimum atomic E-state index is -0.0439. The molecule has 1 aliphatic rings. The summed E-state index contributed by atoms with van der Waals surface area (Å²) in [6.45, 7) is 4.72. The van der Waals surface area contributed by atoms with Crippen LogP contribution in [0.5, 0.6) is 0 Å². The van der Waals surface area contributed by atoms with Gasteiger partial charge in [0.1, 0.15) is 0 Å². The van der Waals surface area contributed by atoms with E-state index in [2.05, 4.69) is 208 Å². The quantitative estimate of drug-likeness (QED) is 0.161. The van der Waals surface area contributed by atoms with Crippen molar-refractivity contribution in [1.29, 1.82) is 0 Å². The van der Waals surface area contributed by atoms with Crippen molar-refractivity contribution >= 4 is 43.1 Å². The minimum Gasteiger partial charge on any atom is -0.0619 e. The van der Waals surface area contributed by atoms with Crippen LogP contribution in [0.4, 0.5) is 0 Å². The van der Waals surface area contributed by atoms with Crippen molar-refractivity contribution in [1.82, 2.24) is 0 Å². The summed E-state index contributed by atoms with van der Waals surface area (Å²) in [5, 5.41) is 10.1. The Morgan fingerprint density at radius 2 is 0.745 bits per heavy atom. The van der Waals surface area contributed by atoms with Crippen molar-refractivity contribution in [2.75, 3.05) is 0 Å². The number of hydrogen-bond donors (Lipinski definition) is 0. The summed E-state index contributed by atoms with van der Waals surface area (Å²) < 4.78 is 0. The third kappa shape index (κ3) is 4.99. The van der Waals surface area contributed by atoms with Gasteiger partial charge >= 0.3 is 0 Å². The molecule has 0 aliphatic heterocycles. The molecule has 0 spiro atoms. The second-order valence-corrected chi connectivity index (χ2v) is 15.7. The van der Waals surface area contributed by atoms with Gasteiger partial charge in [-0.2, -0.15) is 0 Å². The van der Waals surface area contributed by atoms with Crippen LogP contribution in [0, 0.1) is 0 Å². The van der Waals surface area contributed by atoms with E-state index >= 15 is 0 Å². The number of rotatable bonds is 4. The maximum absolute atomic E-state index is 2.47. The van der Waals surface area contributed by atoms with Crippen molar-refractivity contribution in [3.63, 3.8) is 0 Å². The predicted octanol–water partition coefficient (Wildman–Crippen LogP) is 15.3. The van der Waals surface area contributed by atoms with Crippen LogP contribution < -0.4 is 0 Å². The second-order valence-electron chi connectivity index (χ2n) is 15.7. The molecule has 0 radical (unpaired) electrons. The first-order valence-electron chi connectivity index (χ1n) is 19.3. The van der Waals surface area contributed by atoms with E-state index in [1.165, 1.54) is 110 Å². The van der Waals surface area contributed by atoms with Crippen molar-refractivity contribution < 1.29 is 0 Å². The average molecular weight is 699 g/mol. The topological polar surface area (TPSA) is 0 Å². The lowest BCUT2D eigenvalue weighted by Gasteiger charge is -2.22. The van der Waals surface area contributed by atoms with Crippen LogP contribution in [0.25, 0.3) is 98.7 Å². The van der Waals surface area contributed by atoms with Crippen LogP contribution in [0.3, 0.4) is 0 Å². The molecule has 10 aromatic rings. The third-order valence-electron chi connectivity index (χ3n) is 12.2. The molecule has 0 unspecified atom stereocenters. The van der Waals surface area contributed by atoms with E-state index in [1.807, 2.05) is 0 Å². The van der Waals surface area contributed by atoms with Crippen LogP contribution in [0.2, 0.25) is 0 Å². The highest BCUT2D eigenvalue weighted by Crippen LogP contribution is 2.51. The Morgan fingerprint density at radius 1 is 0.273 bits per heavy atom. The molecular weight excluding hydrogens is 661 g/mol. The van der Waals surface area contributed by atoms with Crippen LogP contribution in [0.15, 0.2) is 194 Å². The molecule has 0 atom stereocenters. The van der Waals surface area contributed by atoms with Gasteiger partial charge in [0.2, 0.25) is 0 Å². The first-order chi connectivity index (χ1) is 27.0. The van der Waals surface area contributed by atoms with Crippen molar-refractivity contribution in [2.45, 2.75) is 19.3 Å². The third-order valence-corrected chi connectivity index (χ3v) is 12.2. The van der Waals surface area contributed by atoms with E-state index in [0.29, 0.717) is 0 Å². The number of hydrogen-bond acceptors (Lipinski definition) is 0. The molecule has 0 nitrogen and oxygen atoms in total. The fourth-order valence-corrected chi connectivity index (χ4v) is 9.45. The smallest absolute Gasteiger partial charge is 0.0158 e. The van der Waals surface area contributed by atoms with E-state index in [9.17, 15) is 0 Å². The normalized spacial score (nSPS) is 13.1. The van der Waals surface area contributed by atoms with Crippen molar-refractivity contribution in [2.24, 2.45) is 0 Å². The summed E-state index contributed by atoms with van der Waals surface area (Å²) >= 11 is 0. The van der Waals surface area contributed by atoms with E-state index in [0.717, 1.165) is 0 Å². The second kappa shape index (κ2) is 12.1. The van der Waals surface area contributed by atoms with Crippen LogP contribution in [0.1, 0.15) is 25.0 Å². The van der Waals surface area contributed by atoms with Crippen molar-refractivity contribution in [3.05, 3.63) is 205 Å². The van der Waals surface area contributed by atoms with Crippen LogP contribution >= 0.6 is 0 Å². The van der Waals surface area contributed by atoms with Gasteiger partial charge in [0.25, 0.3) is 0 Å². The predicted molar refractivity (Wildman–Crippen MR) is 236 cm³/mol. The number of benzene rings is 10. The Balaban J connectivity index is 1.19. The fraction of sp³-hybridized carbons (Fsp3) is 0.0545. The van der Waals surface area contributed by atoms with E-state index in [4.69, 9.17) is 0 Å². The number of fused-ring (bicyclic) bond motifs is 7. The zero-order valence-corrected chi connectivity index (χ0v) is 31.0. The monoisotopic (exact) mass is 698 g/mol. The first kappa shape index (κ1) is 31.7. The summed E-state index contributed by atoms with van der Waals surface area (Å²) in [7, 11) is 0. The molecule has 0 saturated heterocycles. The zero-order chi connectivity index (χ0) is 36.7. The standard InChI is InChI=1S/C55H38/c1-55(2)51-21-10-9-18-45(51)49-34-44(27-29-52(49)55)54-47-20-8-7-19-46(47)53(43-17-11-16-39(32-43)40-24-22-35-12-3-5-14-37(35)30-40)48-28-26-42(33-50(48)54)41-25-23-36-13-4-6-15-38(36)31-41/h3-34H,1-2H3. The molecule has 0 heterocycles. The fourth-order valence-electron chi connectivity index (χ4n) is 9.45. The van der Waals surface area contributed by atoms with Gasteiger partial charge in [0.05, 0.1) is 0 Å². The maximum atomic E-state index is 2.47. The molecule has 0 N–H and O–H groups in total. The highest BCUT2D eigenvalue weighted by Gasteiger charge is 2.35. The Kier molecular flexibility index (Phi) is 7.00. The zero-order valence-electron chi connectivity index (χ0n) is 31.0. The molecular formula is C55H38. The van der Waals surface area contributed by atoms with Gasteiger partial charge in [0.15, 0.2) is 0 Å². The lowest BCUT2D eigenvalue weighted by atomic mass is 9.81. The lowest BCUT2D eigenvalue weighted by Crippen LogP contribution is -2.14. The Bertz CT molecular complexity index is 3180. The van der Waals surface area contributed by atoms with E-state index < -0.39 is 0 Å². The van der Waals surface area contributed by atoms with Crippen LogP contribution in [-0.4, -0.2) is 0 Å². The van der Waals surface area contributed by atoms with Gasteiger partial charge in [-0.3, -0.25) is 0 Å². The summed E-state index contributed by atoms with van der Waals surface area (Å²) in [4.78, 5) is 0. The summed E-state index contributed by atoms with van der Waals surface area (Å²) in [5.41, 5.74) is 15.4. The molecule has 1 aliphatic carbocycles. The van der Waals surface area contributed by atoms with Gasteiger partial charge in [-0.25, -0.2) is 0 Å². The highest BCUT2D eigenvalue weighted by atomic mass is 14.4. The maximum Gasteiger partial charge on any atom is 0.0158 e. The molecule has 0 fully saturated rings. The molecule has 55 heavy (non-hydrogen) atoms. The largest absolute Gasteiger partial charge is 0.0619 e. The summed E-state index contributed by atoms with van der Waals surface area (Å²) in [6, 6.07) is 72.4. The molecule has 0 amide bonds. The van der Waals surface area contributed by atoms with E-state index in [1.54, 1.807) is 0 Å². The van der Waals surface area contributed by atoms with Gasteiger partial charge in [-0.15, -0.1) is 0 Å². The minimum absolute atomic E-state index is 0.0439. The van der Waals surface area contributed by atoms with Crippen LogP contribution in [-0.2, 0) is 5.41 Å². The van der Waals surface area contributed by atoms with Gasteiger partial charge in [0, 0.05) is 5.41 Å². The van der Waals surface area contributed by atoms with Gasteiger partial charge in [-0.05, 0) is 140 Å². The first-order valence-corrected chi connectivity index (χ1v) is 19.3. The average Bonchev–Trinajstić information content (AvgIpc) is 3.47. The molecule has 0 heteroatoms. The molecule has 11 rings (SSSR count). The van der Waals surface area contributed by atoms with E-state index in [-0.39, 0.29) is 5.41 Å². The Morgan fingerprint density at radius 3 is 1.45 bits per heavy atom. The summed E-state index contributed by atoms with van der Waals surface area (Å²) in [6.07, 6.45) is 0. The lowest BCUT2D eigenvalue weighted by molar-refractivity contribution is 0.660. The van der Waals surface area contributed by atoms with Crippen molar-refractivity contribution in [3.8, 4) is 55.6 Å². The molecule has 0 saturated carbocycles. The SMILES string of the molecule is CC1(C)c2ccccc2-c2cc(-c3c4ccccc4c(-c4cccc(-c5ccc6ccccc6c5)c4)c4ccc(-c5ccc6ccccc6c5)cc34)ccc21. The van der Waals surface area contributed by atoms with Gasteiger partial charge < -0.3 is 0 Å². The molecule has 10 aromatic carbocycles. The molecule has 0 aromatic heterocycles. The molecule has 258 valence electrons.